The van der Waals surface area contributed by atoms with E-state index in [4.69, 9.17) is 21.7 Å². The first-order valence-electron chi connectivity index (χ1n) is 12.5. The first-order valence-corrected chi connectivity index (χ1v) is 12.9. The van der Waals surface area contributed by atoms with E-state index >= 15 is 0 Å². The lowest BCUT2D eigenvalue weighted by Gasteiger charge is -2.36. The van der Waals surface area contributed by atoms with Gasteiger partial charge in [-0.25, -0.2) is 0 Å². The predicted octanol–water partition coefficient (Wildman–Crippen LogP) is 6.05. The quantitative estimate of drug-likeness (QED) is 0.0780. The number of methoxy groups -OCH3 is 1. The number of ether oxygens (including phenoxy) is 2. The van der Waals surface area contributed by atoms with Gasteiger partial charge >= 0.3 is 5.69 Å². The van der Waals surface area contributed by atoms with Gasteiger partial charge in [0, 0.05) is 11.6 Å². The molecule has 1 aliphatic heterocycles. The molecule has 1 heterocycles. The highest BCUT2D eigenvalue weighted by atomic mass is 32.1. The van der Waals surface area contributed by atoms with E-state index in [0.29, 0.717) is 11.4 Å². The molecule has 214 valence electrons. The molecular formula is C30H20N4O8S. The maximum absolute atomic E-state index is 13.9. The largest absolute Gasteiger partial charge is 0.493 e. The number of benzene rings is 4. The normalized spacial score (nSPS) is 13.1. The van der Waals surface area contributed by atoms with Crippen LogP contribution >= 0.6 is 12.2 Å². The van der Waals surface area contributed by atoms with Crippen LogP contribution in [0.5, 0.6) is 17.2 Å². The van der Waals surface area contributed by atoms with Gasteiger partial charge in [-0.1, -0.05) is 48.5 Å². The number of carbonyl (C=O) groups is 2. The first kappa shape index (κ1) is 28.6. The van der Waals surface area contributed by atoms with Crippen molar-refractivity contribution in [3.63, 3.8) is 0 Å². The Bertz CT molecular complexity index is 1750. The van der Waals surface area contributed by atoms with Crippen molar-refractivity contribution in [2.75, 3.05) is 16.9 Å². The number of non-ortho nitro benzene ring substituents is 1. The number of amides is 2. The van der Waals surface area contributed by atoms with Crippen molar-refractivity contribution < 1.29 is 28.9 Å². The van der Waals surface area contributed by atoms with E-state index < -0.39 is 33.0 Å². The third-order valence-corrected chi connectivity index (χ3v) is 6.73. The lowest BCUT2D eigenvalue weighted by Crippen LogP contribution is -2.56. The highest BCUT2D eigenvalue weighted by molar-refractivity contribution is 7.81. The van der Waals surface area contributed by atoms with E-state index in [0.717, 1.165) is 18.2 Å². The standard InChI is InChI=1S/C30H20N4O8S/c1-41-26-14-8-9-19(27(26)42-25-16-15-22(33(37)38)18-24(25)34(39)40)17-23-28(35)31(20-10-4-2-5-11-20)30(43)32(29(23)36)21-12-6-3-7-13-21/h2-18H,1H3. The van der Waals surface area contributed by atoms with Crippen LogP contribution in [0.4, 0.5) is 22.7 Å². The van der Waals surface area contributed by atoms with Crippen LogP contribution in [0.2, 0.25) is 0 Å². The molecule has 0 N–H and O–H groups in total. The molecule has 1 fully saturated rings. The monoisotopic (exact) mass is 596 g/mol. The molecule has 0 spiro atoms. The van der Waals surface area contributed by atoms with E-state index in [1.165, 1.54) is 35.1 Å². The molecule has 12 nitrogen and oxygen atoms in total. The van der Waals surface area contributed by atoms with Crippen molar-refractivity contribution in [1.29, 1.82) is 0 Å². The van der Waals surface area contributed by atoms with E-state index in [1.807, 2.05) is 0 Å². The predicted molar refractivity (Wildman–Crippen MR) is 161 cm³/mol. The van der Waals surface area contributed by atoms with Gasteiger partial charge in [0.1, 0.15) is 5.57 Å². The molecule has 4 aromatic carbocycles. The molecular weight excluding hydrogens is 576 g/mol. The fraction of sp³-hybridized carbons (Fsp3) is 0.0333. The molecule has 4 aromatic rings. The van der Waals surface area contributed by atoms with Crippen LogP contribution in [-0.2, 0) is 9.59 Å². The number of nitrogens with zero attached hydrogens (tertiary/aromatic N) is 4. The highest BCUT2D eigenvalue weighted by Gasteiger charge is 2.41. The van der Waals surface area contributed by atoms with E-state index in [2.05, 4.69) is 0 Å². The number of thiocarbonyl (C=S) groups is 1. The van der Waals surface area contributed by atoms with Crippen LogP contribution in [-0.4, -0.2) is 33.9 Å². The van der Waals surface area contributed by atoms with Crippen LogP contribution in [0.15, 0.2) is 103 Å². The Balaban J connectivity index is 1.66. The van der Waals surface area contributed by atoms with Gasteiger partial charge in [-0.2, -0.15) is 0 Å². The molecule has 43 heavy (non-hydrogen) atoms. The van der Waals surface area contributed by atoms with Crippen molar-refractivity contribution in [2.45, 2.75) is 0 Å². The third-order valence-electron chi connectivity index (χ3n) is 6.37. The van der Waals surface area contributed by atoms with Gasteiger partial charge in [-0.05, 0) is 54.7 Å². The van der Waals surface area contributed by atoms with Crippen molar-refractivity contribution >= 4 is 58.0 Å². The van der Waals surface area contributed by atoms with Crippen LogP contribution in [0, 0.1) is 20.2 Å². The summed E-state index contributed by atoms with van der Waals surface area (Å²) in [6.07, 6.45) is 1.29. The second kappa shape index (κ2) is 11.9. The lowest BCUT2D eigenvalue weighted by atomic mass is 10.0. The Hall–Kier alpha value is -5.95. The molecule has 0 aliphatic carbocycles. The van der Waals surface area contributed by atoms with Crippen molar-refractivity contribution in [2.24, 2.45) is 0 Å². The average Bonchev–Trinajstić information content (AvgIpc) is 3.01. The molecule has 0 bridgehead atoms. The molecule has 0 atom stereocenters. The van der Waals surface area contributed by atoms with Crippen LogP contribution in [0.1, 0.15) is 5.56 Å². The van der Waals surface area contributed by atoms with E-state index in [1.54, 1.807) is 66.7 Å². The summed E-state index contributed by atoms with van der Waals surface area (Å²) >= 11 is 5.63. The Morgan fingerprint density at radius 1 is 0.744 bits per heavy atom. The van der Waals surface area contributed by atoms with Gasteiger partial charge < -0.3 is 9.47 Å². The minimum Gasteiger partial charge on any atom is -0.493 e. The van der Waals surface area contributed by atoms with E-state index in [9.17, 15) is 29.8 Å². The summed E-state index contributed by atoms with van der Waals surface area (Å²) in [4.78, 5) is 51.6. The zero-order valence-corrected chi connectivity index (χ0v) is 23.1. The smallest absolute Gasteiger partial charge is 0.318 e. The Kier molecular flexibility index (Phi) is 7.90. The fourth-order valence-electron chi connectivity index (χ4n) is 4.37. The zero-order valence-electron chi connectivity index (χ0n) is 22.3. The molecule has 0 radical (unpaired) electrons. The summed E-state index contributed by atoms with van der Waals surface area (Å²) in [5.74, 6) is -1.68. The number of para-hydroxylation sites is 3. The van der Waals surface area contributed by atoms with Crippen LogP contribution < -0.4 is 19.3 Å². The van der Waals surface area contributed by atoms with E-state index in [-0.39, 0.29) is 33.5 Å². The Morgan fingerprint density at radius 3 is 1.84 bits per heavy atom. The van der Waals surface area contributed by atoms with Gasteiger partial charge in [-0.15, -0.1) is 0 Å². The number of hydrogen-bond acceptors (Lipinski definition) is 9. The van der Waals surface area contributed by atoms with Crippen molar-refractivity contribution in [1.82, 2.24) is 0 Å². The summed E-state index contributed by atoms with van der Waals surface area (Å²) in [6.45, 7) is 0. The van der Waals surface area contributed by atoms with Gasteiger partial charge in [0.2, 0.25) is 5.75 Å². The third kappa shape index (κ3) is 5.52. The van der Waals surface area contributed by atoms with Crippen LogP contribution in [0.25, 0.3) is 6.08 Å². The Morgan fingerprint density at radius 2 is 1.33 bits per heavy atom. The van der Waals surface area contributed by atoms with Gasteiger partial charge in [0.25, 0.3) is 17.5 Å². The summed E-state index contributed by atoms with van der Waals surface area (Å²) in [5.41, 5.74) is -0.423. The first-order chi connectivity index (χ1) is 20.7. The fourth-order valence-corrected chi connectivity index (χ4v) is 4.75. The molecule has 0 aromatic heterocycles. The zero-order chi connectivity index (χ0) is 30.7. The molecule has 13 heteroatoms. The number of anilines is 2. The van der Waals surface area contributed by atoms with Crippen molar-refractivity contribution in [3.05, 3.63) is 128 Å². The summed E-state index contributed by atoms with van der Waals surface area (Å²) < 4.78 is 11.3. The molecule has 2 amide bonds. The second-order valence-electron chi connectivity index (χ2n) is 8.94. The summed E-state index contributed by atoms with van der Waals surface area (Å²) in [5, 5.41) is 22.9. The lowest BCUT2D eigenvalue weighted by molar-refractivity contribution is -0.394. The minimum atomic E-state index is -0.819. The van der Waals surface area contributed by atoms with Gasteiger partial charge in [0.15, 0.2) is 16.6 Å². The molecule has 0 saturated carbocycles. The van der Waals surface area contributed by atoms with Gasteiger partial charge in [0.05, 0.1) is 34.4 Å². The SMILES string of the molecule is COc1cccc(C=C2C(=O)N(c3ccccc3)C(=S)N(c3ccccc3)C2=O)c1Oc1ccc([N+](=O)[O-])cc1[N+](=O)[O-]. The average molecular weight is 597 g/mol. The number of carbonyl (C=O) groups excluding carboxylic acids is 2. The molecule has 1 saturated heterocycles. The molecule has 0 unspecified atom stereocenters. The number of nitro benzene ring substituents is 2. The van der Waals surface area contributed by atoms with Crippen molar-refractivity contribution in [3.8, 4) is 17.2 Å². The topological polar surface area (TPSA) is 145 Å². The number of hydrogen-bond donors (Lipinski definition) is 0. The van der Waals surface area contributed by atoms with Gasteiger partial charge in [-0.3, -0.25) is 39.6 Å². The summed E-state index contributed by atoms with van der Waals surface area (Å²) in [6, 6.07) is 24.7. The number of nitro groups is 2. The summed E-state index contributed by atoms with van der Waals surface area (Å²) in [7, 11) is 1.34. The maximum atomic E-state index is 13.9. The Labute approximate surface area is 249 Å². The second-order valence-corrected chi connectivity index (χ2v) is 9.30. The highest BCUT2D eigenvalue weighted by Crippen LogP contribution is 2.41. The van der Waals surface area contributed by atoms with Crippen LogP contribution in [0.3, 0.4) is 0 Å². The number of rotatable bonds is 8. The maximum Gasteiger partial charge on any atom is 0.318 e. The molecule has 1 aliphatic rings. The minimum absolute atomic E-state index is 0.0480. The molecule has 5 rings (SSSR count).